The predicted octanol–water partition coefficient (Wildman–Crippen LogP) is 2.54. The molecule has 3 aliphatic rings. The fourth-order valence-corrected chi connectivity index (χ4v) is 9.27. The summed E-state index contributed by atoms with van der Waals surface area (Å²) in [4.78, 5) is 27.7. The topological polar surface area (TPSA) is 98.6 Å². The van der Waals surface area contributed by atoms with E-state index in [1.165, 1.54) is 19.5 Å². The van der Waals surface area contributed by atoms with Gasteiger partial charge in [0.15, 0.2) is 21.3 Å². The maximum atomic E-state index is 14.5. The fraction of sp³-hybridized carbons (Fsp3) is 0.269. The standard InChI is InChI=1S/C26H23N3O5S/c1-17-20(22(30)28-15-9-14-27-28)29-23(31)21(34-2)24(29)35(32,33)26(17)16-25(26,18-10-5-3-6-11-18)19-12-7-4-8-13-19/h3-15,21,24H,16H2,1-2H3/t21-,24?,26-/m0/s1. The number of rotatable bonds is 4. The monoisotopic (exact) mass is 489 g/mol. The second-order valence-corrected chi connectivity index (χ2v) is 11.4. The van der Waals surface area contributed by atoms with E-state index in [9.17, 15) is 18.0 Å². The number of benzene rings is 2. The van der Waals surface area contributed by atoms with Gasteiger partial charge in [-0.25, -0.2) is 13.1 Å². The number of allylic oxidation sites excluding steroid dienone is 1. The van der Waals surface area contributed by atoms with Crippen LogP contribution in [0.15, 0.2) is 90.4 Å². The minimum Gasteiger partial charge on any atom is -0.368 e. The molecule has 2 fully saturated rings. The molecule has 6 rings (SSSR count). The van der Waals surface area contributed by atoms with E-state index in [0.717, 1.165) is 20.7 Å². The van der Waals surface area contributed by atoms with Crippen LogP contribution in [0.3, 0.4) is 0 Å². The summed E-state index contributed by atoms with van der Waals surface area (Å²) >= 11 is 0. The van der Waals surface area contributed by atoms with Crippen LogP contribution in [0.2, 0.25) is 0 Å². The van der Waals surface area contributed by atoms with Gasteiger partial charge in [-0.15, -0.1) is 0 Å². The summed E-state index contributed by atoms with van der Waals surface area (Å²) in [5.74, 6) is -1.09. The Labute approximate surface area is 202 Å². The van der Waals surface area contributed by atoms with E-state index < -0.39 is 43.3 Å². The Balaban J connectivity index is 1.67. The smallest absolute Gasteiger partial charge is 0.294 e. The zero-order chi connectivity index (χ0) is 24.6. The average Bonchev–Trinajstić information content (AvgIpc) is 3.32. The SMILES string of the molecule is CO[C@H]1C(=O)N2C(C(=O)n3cccn3)=C(C)[C@]3(CC3(c3ccccc3)c3ccccc3)S(=O)(=O)C12. The highest BCUT2D eigenvalue weighted by Crippen LogP contribution is 2.72. The Kier molecular flexibility index (Phi) is 4.53. The lowest BCUT2D eigenvalue weighted by atomic mass is 9.83. The Hall–Kier alpha value is -3.56. The molecular weight excluding hydrogens is 466 g/mol. The second kappa shape index (κ2) is 7.22. The number of nitrogens with zero attached hydrogens (tertiary/aromatic N) is 3. The molecule has 35 heavy (non-hydrogen) atoms. The minimum absolute atomic E-state index is 0.0561. The Morgan fingerprint density at radius 3 is 2.14 bits per heavy atom. The van der Waals surface area contributed by atoms with Gasteiger partial charge in [-0.3, -0.25) is 14.5 Å². The van der Waals surface area contributed by atoms with Crippen LogP contribution in [0.4, 0.5) is 0 Å². The van der Waals surface area contributed by atoms with E-state index in [1.54, 1.807) is 13.0 Å². The van der Waals surface area contributed by atoms with Crippen LogP contribution in [-0.2, 0) is 24.8 Å². The normalized spacial score (nSPS) is 27.9. The highest BCUT2D eigenvalue weighted by atomic mass is 32.2. The molecule has 0 radical (unpaired) electrons. The Morgan fingerprint density at radius 1 is 1.03 bits per heavy atom. The van der Waals surface area contributed by atoms with Crippen molar-refractivity contribution in [3.8, 4) is 0 Å². The molecule has 1 amide bonds. The third kappa shape index (κ3) is 2.49. The van der Waals surface area contributed by atoms with E-state index >= 15 is 0 Å². The van der Waals surface area contributed by atoms with Crippen LogP contribution >= 0.6 is 0 Å². The number of fused-ring (bicyclic) bond motifs is 1. The number of amides is 1. The quantitative estimate of drug-likeness (QED) is 0.523. The molecule has 3 atom stereocenters. The Morgan fingerprint density at radius 2 is 1.63 bits per heavy atom. The van der Waals surface area contributed by atoms with E-state index in [0.29, 0.717) is 5.57 Å². The summed E-state index contributed by atoms with van der Waals surface area (Å²) in [7, 11) is -2.72. The molecule has 0 N–H and O–H groups in total. The molecule has 9 heteroatoms. The summed E-state index contributed by atoms with van der Waals surface area (Å²) in [6.07, 6.45) is 2.04. The summed E-state index contributed by atoms with van der Waals surface area (Å²) in [5.41, 5.74) is 1.17. The van der Waals surface area contributed by atoms with Crippen LogP contribution in [0, 0.1) is 0 Å². The number of hydrogen-bond donors (Lipinski definition) is 0. The van der Waals surface area contributed by atoms with Gasteiger partial charge in [0.25, 0.3) is 11.8 Å². The van der Waals surface area contributed by atoms with Crippen LogP contribution in [0.1, 0.15) is 29.3 Å². The maximum Gasteiger partial charge on any atom is 0.294 e. The van der Waals surface area contributed by atoms with Gasteiger partial charge in [0.1, 0.15) is 10.4 Å². The third-order valence-corrected chi connectivity index (χ3v) is 10.6. The van der Waals surface area contributed by atoms with Gasteiger partial charge in [-0.05, 0) is 36.1 Å². The zero-order valence-electron chi connectivity index (χ0n) is 19.2. The molecule has 1 saturated heterocycles. The second-order valence-electron chi connectivity index (χ2n) is 9.17. The zero-order valence-corrected chi connectivity index (χ0v) is 20.0. The molecule has 3 aromatic rings. The summed E-state index contributed by atoms with van der Waals surface area (Å²) in [6, 6.07) is 20.6. The van der Waals surface area contributed by atoms with Crippen molar-refractivity contribution in [1.82, 2.24) is 14.7 Å². The van der Waals surface area contributed by atoms with Crippen LogP contribution in [0.25, 0.3) is 0 Å². The lowest BCUT2D eigenvalue weighted by molar-refractivity contribution is -0.159. The molecular formula is C26H23N3O5S. The van der Waals surface area contributed by atoms with E-state index in [1.807, 2.05) is 60.7 Å². The van der Waals surface area contributed by atoms with Crippen LogP contribution in [0.5, 0.6) is 0 Å². The highest BCUT2D eigenvalue weighted by Gasteiger charge is 2.83. The summed E-state index contributed by atoms with van der Waals surface area (Å²) in [5, 5.41) is 2.76. The lowest BCUT2D eigenvalue weighted by Crippen LogP contribution is -2.73. The first-order chi connectivity index (χ1) is 16.8. The van der Waals surface area contributed by atoms with Gasteiger partial charge < -0.3 is 4.74 Å². The van der Waals surface area contributed by atoms with Crippen LogP contribution in [-0.4, -0.2) is 58.2 Å². The number of hydrogen-bond acceptors (Lipinski definition) is 6. The molecule has 1 saturated carbocycles. The van der Waals surface area contributed by atoms with Crippen molar-refractivity contribution in [3.05, 3.63) is 102 Å². The maximum absolute atomic E-state index is 14.5. The first-order valence-electron chi connectivity index (χ1n) is 11.3. The number of aromatic nitrogens is 2. The molecule has 0 bridgehead atoms. The molecule has 3 heterocycles. The van der Waals surface area contributed by atoms with Crippen molar-refractivity contribution >= 4 is 21.7 Å². The average molecular weight is 490 g/mol. The fourth-order valence-electron chi connectivity index (χ4n) is 6.15. The van der Waals surface area contributed by atoms with Crippen molar-refractivity contribution in [2.75, 3.05) is 7.11 Å². The Bertz CT molecular complexity index is 1440. The van der Waals surface area contributed by atoms with Gasteiger partial charge in [0, 0.05) is 24.9 Å². The van der Waals surface area contributed by atoms with Gasteiger partial charge in [0.05, 0.1) is 0 Å². The third-order valence-electron chi connectivity index (χ3n) is 7.78. The number of carbonyl (C=O) groups is 2. The molecule has 8 nitrogen and oxygen atoms in total. The number of carbonyl (C=O) groups excluding carboxylic acids is 2. The number of sulfone groups is 1. The van der Waals surface area contributed by atoms with Crippen molar-refractivity contribution in [2.24, 2.45) is 0 Å². The van der Waals surface area contributed by atoms with E-state index in [-0.39, 0.29) is 12.1 Å². The predicted molar refractivity (Wildman–Crippen MR) is 127 cm³/mol. The van der Waals surface area contributed by atoms with Crippen molar-refractivity contribution in [1.29, 1.82) is 0 Å². The number of ether oxygens (including phenoxy) is 1. The number of methoxy groups -OCH3 is 1. The first kappa shape index (κ1) is 21.9. The first-order valence-corrected chi connectivity index (χ1v) is 12.8. The van der Waals surface area contributed by atoms with Gasteiger partial charge in [-0.2, -0.15) is 5.10 Å². The molecule has 1 aromatic heterocycles. The van der Waals surface area contributed by atoms with Crippen molar-refractivity contribution in [3.63, 3.8) is 0 Å². The molecule has 2 aromatic carbocycles. The summed E-state index contributed by atoms with van der Waals surface area (Å²) in [6.45, 7) is 1.66. The highest BCUT2D eigenvalue weighted by molar-refractivity contribution is 7.94. The van der Waals surface area contributed by atoms with E-state index in [4.69, 9.17) is 4.74 Å². The van der Waals surface area contributed by atoms with E-state index in [2.05, 4.69) is 5.10 Å². The molecule has 1 spiro atoms. The van der Waals surface area contributed by atoms with Crippen molar-refractivity contribution in [2.45, 2.75) is 35.0 Å². The van der Waals surface area contributed by atoms with Gasteiger partial charge >= 0.3 is 0 Å². The van der Waals surface area contributed by atoms with Gasteiger partial charge in [-0.1, -0.05) is 60.7 Å². The van der Waals surface area contributed by atoms with Crippen molar-refractivity contribution < 1.29 is 22.7 Å². The minimum atomic E-state index is -4.03. The molecule has 178 valence electrons. The molecule has 2 aliphatic heterocycles. The lowest BCUT2D eigenvalue weighted by Gasteiger charge is -2.51. The molecule has 1 aliphatic carbocycles. The van der Waals surface area contributed by atoms with Gasteiger partial charge in [0.2, 0.25) is 0 Å². The number of β-lactam (4-membered cyclic amide) rings is 1. The molecule has 1 unspecified atom stereocenters. The largest absolute Gasteiger partial charge is 0.368 e. The van der Waals surface area contributed by atoms with Crippen LogP contribution < -0.4 is 0 Å². The summed E-state index contributed by atoms with van der Waals surface area (Å²) < 4.78 is 34.0.